The fourth-order valence-corrected chi connectivity index (χ4v) is 3.35. The second-order valence-corrected chi connectivity index (χ2v) is 6.59. The Kier molecular flexibility index (Phi) is 3.43. The molecule has 0 atom stereocenters. The molecule has 0 saturated carbocycles. The van der Waals surface area contributed by atoms with Crippen LogP contribution in [0.4, 0.5) is 0 Å². The summed E-state index contributed by atoms with van der Waals surface area (Å²) in [5.41, 5.74) is 1.67. The first-order chi connectivity index (χ1) is 11.6. The summed E-state index contributed by atoms with van der Waals surface area (Å²) >= 11 is 0. The van der Waals surface area contributed by atoms with Crippen molar-refractivity contribution in [2.75, 3.05) is 14.1 Å². The number of benzene rings is 2. The summed E-state index contributed by atoms with van der Waals surface area (Å²) in [6.45, 7) is 2.88. The zero-order valence-corrected chi connectivity index (χ0v) is 14.1. The fourth-order valence-electron chi connectivity index (χ4n) is 3.35. The van der Waals surface area contributed by atoms with Gasteiger partial charge in [-0.3, -0.25) is 0 Å². The molecular formula is C20H20N2O2. The molecule has 0 radical (unpaired) electrons. The molecule has 1 aliphatic heterocycles. The lowest BCUT2D eigenvalue weighted by atomic mass is 9.74. The average molecular weight is 320 g/mol. The van der Waals surface area contributed by atoms with Crippen LogP contribution in [0.25, 0.3) is 0 Å². The van der Waals surface area contributed by atoms with Crippen molar-refractivity contribution >= 4 is 0 Å². The Bertz CT molecular complexity index is 837. The Morgan fingerprint density at radius 3 is 2.12 bits per heavy atom. The van der Waals surface area contributed by atoms with Gasteiger partial charge in [-0.2, -0.15) is 0 Å². The van der Waals surface area contributed by atoms with Crippen LogP contribution >= 0.6 is 0 Å². The van der Waals surface area contributed by atoms with Crippen molar-refractivity contribution in [3.63, 3.8) is 0 Å². The molecule has 0 aliphatic carbocycles. The molecule has 2 aromatic carbocycles. The summed E-state index contributed by atoms with van der Waals surface area (Å²) in [7, 11) is 4.03. The number of nitrogens with zero attached hydrogens (tertiary/aromatic N) is 2. The Hall–Kier alpha value is -2.59. The molecular weight excluding hydrogens is 300 g/mol. The molecule has 0 unspecified atom stereocenters. The normalized spacial score (nSPS) is 14.8. The van der Waals surface area contributed by atoms with Gasteiger partial charge in [0.2, 0.25) is 5.89 Å². The van der Waals surface area contributed by atoms with Crippen LogP contribution in [-0.4, -0.2) is 24.0 Å². The van der Waals surface area contributed by atoms with Crippen molar-refractivity contribution < 1.29 is 9.15 Å². The number of ether oxygens (including phenoxy) is 1. The number of aromatic nitrogens is 1. The van der Waals surface area contributed by atoms with Crippen molar-refractivity contribution in [1.82, 2.24) is 9.88 Å². The van der Waals surface area contributed by atoms with Crippen LogP contribution in [0.3, 0.4) is 0 Å². The topological polar surface area (TPSA) is 38.5 Å². The van der Waals surface area contributed by atoms with E-state index in [2.05, 4.69) is 28.9 Å². The van der Waals surface area contributed by atoms with E-state index in [-0.39, 0.29) is 0 Å². The van der Waals surface area contributed by atoms with Crippen LogP contribution in [0.1, 0.15) is 29.7 Å². The van der Waals surface area contributed by atoms with Crippen molar-refractivity contribution in [2.45, 2.75) is 18.9 Å². The zero-order chi connectivity index (χ0) is 16.7. The Labute approximate surface area is 141 Å². The third-order valence-corrected chi connectivity index (χ3v) is 4.52. The summed E-state index contributed by atoms with van der Waals surface area (Å²) < 4.78 is 12.2. The lowest BCUT2D eigenvalue weighted by molar-refractivity contribution is 0.319. The van der Waals surface area contributed by atoms with E-state index in [4.69, 9.17) is 9.15 Å². The third-order valence-electron chi connectivity index (χ3n) is 4.52. The van der Waals surface area contributed by atoms with E-state index in [1.165, 1.54) is 0 Å². The van der Waals surface area contributed by atoms with Gasteiger partial charge in [0.1, 0.15) is 22.7 Å². The van der Waals surface area contributed by atoms with Gasteiger partial charge in [0.25, 0.3) is 0 Å². The smallest absolute Gasteiger partial charge is 0.209 e. The predicted molar refractivity (Wildman–Crippen MR) is 92.4 cm³/mol. The van der Waals surface area contributed by atoms with E-state index in [9.17, 15) is 0 Å². The summed E-state index contributed by atoms with van der Waals surface area (Å²) in [5.74, 6) is 3.26. The van der Waals surface area contributed by atoms with E-state index in [1.54, 1.807) is 0 Å². The highest BCUT2D eigenvalue weighted by Gasteiger charge is 2.43. The molecule has 0 spiro atoms. The molecule has 0 bridgehead atoms. The number of hydrogen-bond donors (Lipinski definition) is 0. The van der Waals surface area contributed by atoms with E-state index in [0.717, 1.165) is 34.9 Å². The van der Waals surface area contributed by atoms with Gasteiger partial charge in [-0.15, -0.1) is 0 Å². The maximum atomic E-state index is 6.14. The van der Waals surface area contributed by atoms with Gasteiger partial charge in [-0.25, -0.2) is 4.98 Å². The van der Waals surface area contributed by atoms with Crippen molar-refractivity contribution in [3.8, 4) is 11.5 Å². The van der Waals surface area contributed by atoms with Crippen LogP contribution in [0, 0.1) is 0 Å². The second-order valence-electron chi connectivity index (χ2n) is 6.59. The Balaban J connectivity index is 1.91. The predicted octanol–water partition coefficient (Wildman–Crippen LogP) is 4.20. The number of para-hydroxylation sites is 2. The summed E-state index contributed by atoms with van der Waals surface area (Å²) in [6, 6.07) is 16.2. The standard InChI is InChI=1S/C20H20N2O2/c1-20(19-21-12-14(23-19)13-22(2)3)15-8-4-6-10-17(15)24-18-11-7-5-9-16(18)20/h4-12H,13H2,1-3H3. The van der Waals surface area contributed by atoms with Gasteiger partial charge in [0.15, 0.2) is 0 Å². The number of oxazole rings is 1. The number of rotatable bonds is 3. The minimum atomic E-state index is -0.476. The molecule has 24 heavy (non-hydrogen) atoms. The van der Waals surface area contributed by atoms with E-state index < -0.39 is 5.41 Å². The molecule has 2 heterocycles. The Morgan fingerprint density at radius 1 is 0.958 bits per heavy atom. The van der Waals surface area contributed by atoms with Gasteiger partial charge in [0.05, 0.1) is 12.7 Å². The van der Waals surface area contributed by atoms with Crippen LogP contribution in [-0.2, 0) is 12.0 Å². The van der Waals surface area contributed by atoms with Crippen LogP contribution in [0.5, 0.6) is 11.5 Å². The largest absolute Gasteiger partial charge is 0.457 e. The molecule has 4 rings (SSSR count). The Morgan fingerprint density at radius 2 is 1.54 bits per heavy atom. The SMILES string of the molecule is CN(C)Cc1cnc(C2(C)c3ccccc3Oc3ccccc32)o1. The summed E-state index contributed by atoms with van der Waals surface area (Å²) in [5, 5.41) is 0. The summed E-state index contributed by atoms with van der Waals surface area (Å²) in [6.07, 6.45) is 1.82. The van der Waals surface area contributed by atoms with Crippen molar-refractivity contribution in [1.29, 1.82) is 0 Å². The van der Waals surface area contributed by atoms with Gasteiger partial charge in [-0.05, 0) is 33.2 Å². The molecule has 0 N–H and O–H groups in total. The molecule has 0 fully saturated rings. The van der Waals surface area contributed by atoms with Gasteiger partial charge < -0.3 is 14.1 Å². The molecule has 0 saturated heterocycles. The monoisotopic (exact) mass is 320 g/mol. The van der Waals surface area contributed by atoms with Gasteiger partial charge in [0, 0.05) is 11.1 Å². The van der Waals surface area contributed by atoms with E-state index >= 15 is 0 Å². The zero-order valence-electron chi connectivity index (χ0n) is 14.1. The average Bonchev–Trinajstić information content (AvgIpc) is 3.03. The highest BCUT2D eigenvalue weighted by atomic mass is 16.5. The van der Waals surface area contributed by atoms with Gasteiger partial charge >= 0.3 is 0 Å². The quantitative estimate of drug-likeness (QED) is 0.725. The van der Waals surface area contributed by atoms with Crippen LogP contribution in [0.15, 0.2) is 59.1 Å². The number of fused-ring (bicyclic) bond motifs is 2. The van der Waals surface area contributed by atoms with Crippen molar-refractivity contribution in [2.24, 2.45) is 0 Å². The highest BCUT2D eigenvalue weighted by Crippen LogP contribution is 2.50. The van der Waals surface area contributed by atoms with Crippen LogP contribution < -0.4 is 4.74 Å². The van der Waals surface area contributed by atoms with E-state index in [0.29, 0.717) is 5.89 Å². The third kappa shape index (κ3) is 2.22. The maximum Gasteiger partial charge on any atom is 0.209 e. The molecule has 0 amide bonds. The molecule has 1 aliphatic rings. The second kappa shape index (κ2) is 5.49. The molecule has 4 nitrogen and oxygen atoms in total. The maximum absolute atomic E-state index is 6.14. The minimum Gasteiger partial charge on any atom is -0.457 e. The lowest BCUT2D eigenvalue weighted by Gasteiger charge is -2.34. The van der Waals surface area contributed by atoms with Gasteiger partial charge in [-0.1, -0.05) is 36.4 Å². The first-order valence-electron chi connectivity index (χ1n) is 8.06. The molecule has 1 aromatic heterocycles. The molecule has 4 heteroatoms. The van der Waals surface area contributed by atoms with Crippen molar-refractivity contribution in [3.05, 3.63) is 77.5 Å². The van der Waals surface area contributed by atoms with Crippen LogP contribution in [0.2, 0.25) is 0 Å². The summed E-state index contributed by atoms with van der Waals surface area (Å²) in [4.78, 5) is 6.68. The highest BCUT2D eigenvalue weighted by molar-refractivity contribution is 5.60. The lowest BCUT2D eigenvalue weighted by Crippen LogP contribution is -2.29. The fraction of sp³-hybridized carbons (Fsp3) is 0.250. The molecule has 3 aromatic rings. The molecule has 122 valence electrons. The minimum absolute atomic E-state index is 0.476. The number of hydrogen-bond acceptors (Lipinski definition) is 4. The first-order valence-corrected chi connectivity index (χ1v) is 8.06. The van der Waals surface area contributed by atoms with E-state index in [1.807, 2.05) is 56.7 Å². The first kappa shape index (κ1) is 15.0.